The molecule has 3 saturated carbocycles. The summed E-state index contributed by atoms with van der Waals surface area (Å²) in [5, 5.41) is 6.14. The second kappa shape index (κ2) is 14.7. The van der Waals surface area contributed by atoms with Gasteiger partial charge in [0.25, 0.3) is 0 Å². The second-order valence-electron chi connectivity index (χ2n) is 17.6. The number of amides is 2. The molecule has 0 aromatic heterocycles. The second-order valence-corrected chi connectivity index (χ2v) is 17.6. The summed E-state index contributed by atoms with van der Waals surface area (Å²) in [6.45, 7) is 20.9. The number of esters is 1. The molecule has 0 radical (unpaired) electrons. The standard InChI is InChI=1S/C38H60BN3O8/c1-35(2,3)47-33(44)27-13-11-12-25(32(27)46-10)21-30(39-49-29-23-26-22-28(37(26,7)8)38(29,9)50-39)41-31(43)20-24-14-17-42(18-15-24)19-16-40-34(45)48-36(4,5)6/h11-13,24,26,28-30H,14-23H2,1-10H3,(H,40,45)(H,41,43). The summed E-state index contributed by atoms with van der Waals surface area (Å²) < 4.78 is 30.4. The van der Waals surface area contributed by atoms with Gasteiger partial charge < -0.3 is 39.1 Å². The van der Waals surface area contributed by atoms with Gasteiger partial charge >= 0.3 is 19.2 Å². The Hall–Kier alpha value is -2.83. The molecule has 2 saturated heterocycles. The number of ether oxygens (including phenoxy) is 3. The van der Waals surface area contributed by atoms with Crippen molar-refractivity contribution in [1.82, 2.24) is 15.5 Å². The maximum Gasteiger partial charge on any atom is 0.482 e. The highest BCUT2D eigenvalue weighted by Crippen LogP contribution is 2.65. The first kappa shape index (κ1) is 38.4. The number of hydrogen-bond acceptors (Lipinski definition) is 9. The molecule has 2 heterocycles. The van der Waals surface area contributed by atoms with Crippen molar-refractivity contribution in [3.63, 3.8) is 0 Å². The number of carbonyl (C=O) groups is 3. The van der Waals surface area contributed by atoms with Gasteiger partial charge in [-0.3, -0.25) is 4.79 Å². The number of nitrogens with one attached hydrogen (secondary N) is 2. The van der Waals surface area contributed by atoms with Crippen LogP contribution in [0.4, 0.5) is 4.79 Å². The van der Waals surface area contributed by atoms with E-state index in [2.05, 4.69) is 36.3 Å². The van der Waals surface area contributed by atoms with Crippen LogP contribution in [0.3, 0.4) is 0 Å². The number of alkyl carbamates (subject to hydrolysis) is 1. The molecule has 2 bridgehead atoms. The molecule has 5 fully saturated rings. The van der Waals surface area contributed by atoms with E-state index in [4.69, 9.17) is 23.5 Å². The zero-order chi connectivity index (χ0) is 36.6. The average molecular weight is 698 g/mol. The molecule has 2 amide bonds. The van der Waals surface area contributed by atoms with Crippen LogP contribution < -0.4 is 15.4 Å². The number of carbonyl (C=O) groups excluding carboxylic acids is 3. The van der Waals surface area contributed by atoms with Crippen LogP contribution >= 0.6 is 0 Å². The van der Waals surface area contributed by atoms with Gasteiger partial charge in [0.05, 0.1) is 24.8 Å². The summed E-state index contributed by atoms with van der Waals surface area (Å²) in [5.41, 5.74) is -0.316. The van der Waals surface area contributed by atoms with Crippen molar-refractivity contribution in [3.8, 4) is 5.75 Å². The van der Waals surface area contributed by atoms with Crippen molar-refractivity contribution in [2.45, 2.75) is 130 Å². The van der Waals surface area contributed by atoms with Gasteiger partial charge in [0.15, 0.2) is 0 Å². The maximum absolute atomic E-state index is 13.8. The molecule has 3 aliphatic carbocycles. The van der Waals surface area contributed by atoms with Crippen molar-refractivity contribution in [2.75, 3.05) is 33.3 Å². The quantitative estimate of drug-likeness (QED) is 0.226. The Kier molecular flexibility index (Phi) is 11.3. The lowest BCUT2D eigenvalue weighted by Crippen LogP contribution is -2.65. The largest absolute Gasteiger partial charge is 0.496 e. The number of benzene rings is 1. The number of rotatable bonds is 11. The Morgan fingerprint density at radius 2 is 1.70 bits per heavy atom. The monoisotopic (exact) mass is 697 g/mol. The molecule has 0 spiro atoms. The number of para-hydroxylation sites is 1. The van der Waals surface area contributed by atoms with Gasteiger partial charge in [0.2, 0.25) is 5.91 Å². The lowest BCUT2D eigenvalue weighted by Gasteiger charge is -2.64. The minimum absolute atomic E-state index is 0.0344. The Balaban J connectivity index is 1.25. The summed E-state index contributed by atoms with van der Waals surface area (Å²) in [6.07, 6.45) is 4.19. The van der Waals surface area contributed by atoms with Crippen molar-refractivity contribution in [1.29, 1.82) is 0 Å². The first-order valence-corrected chi connectivity index (χ1v) is 18.5. The molecule has 5 atom stereocenters. The average Bonchev–Trinajstić information content (AvgIpc) is 3.37. The summed E-state index contributed by atoms with van der Waals surface area (Å²) in [5.74, 6) is 0.665. The summed E-state index contributed by atoms with van der Waals surface area (Å²) in [7, 11) is 0.909. The Bertz CT molecular complexity index is 1400. The number of hydrogen-bond donors (Lipinski definition) is 2. The fourth-order valence-electron chi connectivity index (χ4n) is 8.58. The SMILES string of the molecule is COc1c(CC(NC(=O)CC2CCN(CCNC(=O)OC(C)(C)C)CC2)B2OC3CC4CC(C4(C)C)C3(C)O2)cccc1C(=O)OC(C)(C)C. The highest BCUT2D eigenvalue weighted by molar-refractivity contribution is 6.48. The fourth-order valence-corrected chi connectivity index (χ4v) is 8.58. The fraction of sp³-hybridized carbons (Fsp3) is 0.763. The number of methoxy groups -OCH3 is 1. The first-order chi connectivity index (χ1) is 23.3. The van der Waals surface area contributed by atoms with E-state index in [-0.39, 0.29) is 23.3 Å². The first-order valence-electron chi connectivity index (χ1n) is 18.5. The van der Waals surface area contributed by atoms with Crippen LogP contribution in [-0.2, 0) is 30.0 Å². The van der Waals surface area contributed by atoms with E-state index in [1.54, 1.807) is 13.2 Å². The van der Waals surface area contributed by atoms with Crippen LogP contribution in [0.15, 0.2) is 18.2 Å². The summed E-state index contributed by atoms with van der Waals surface area (Å²) >= 11 is 0. The molecule has 50 heavy (non-hydrogen) atoms. The number of likely N-dealkylation sites (tertiary alicyclic amines) is 1. The van der Waals surface area contributed by atoms with Crippen molar-refractivity contribution in [3.05, 3.63) is 29.3 Å². The molecule has 2 aliphatic heterocycles. The molecule has 1 aromatic carbocycles. The number of piperidine rings is 1. The van der Waals surface area contributed by atoms with E-state index in [0.717, 1.165) is 50.9 Å². The normalized spacial score (nSPS) is 27.1. The molecular formula is C38H60BN3O8. The topological polar surface area (TPSA) is 125 Å². The van der Waals surface area contributed by atoms with E-state index in [9.17, 15) is 14.4 Å². The molecule has 1 aromatic rings. The summed E-state index contributed by atoms with van der Waals surface area (Å²) in [4.78, 5) is 41.2. The zero-order valence-corrected chi connectivity index (χ0v) is 32.0. The van der Waals surface area contributed by atoms with Crippen LogP contribution in [0.5, 0.6) is 5.75 Å². The molecule has 12 heteroatoms. The van der Waals surface area contributed by atoms with Gasteiger partial charge in [-0.2, -0.15) is 0 Å². The molecule has 6 rings (SSSR count). The molecule has 2 N–H and O–H groups in total. The van der Waals surface area contributed by atoms with E-state index in [1.165, 1.54) is 0 Å². The van der Waals surface area contributed by atoms with Crippen LogP contribution in [0, 0.1) is 23.2 Å². The van der Waals surface area contributed by atoms with Gasteiger partial charge in [-0.1, -0.05) is 26.0 Å². The third kappa shape index (κ3) is 8.78. The minimum Gasteiger partial charge on any atom is -0.496 e. The molecule has 5 unspecified atom stereocenters. The van der Waals surface area contributed by atoms with Crippen LogP contribution in [0.2, 0.25) is 0 Å². The van der Waals surface area contributed by atoms with E-state index in [1.807, 2.05) is 53.7 Å². The van der Waals surface area contributed by atoms with Crippen LogP contribution in [0.25, 0.3) is 0 Å². The lowest BCUT2D eigenvalue weighted by atomic mass is 9.43. The Labute approximate surface area is 299 Å². The maximum atomic E-state index is 13.8. The van der Waals surface area contributed by atoms with Gasteiger partial charge in [-0.25, -0.2) is 9.59 Å². The molecule has 278 valence electrons. The Morgan fingerprint density at radius 3 is 2.32 bits per heavy atom. The van der Waals surface area contributed by atoms with Crippen molar-refractivity contribution >= 4 is 25.1 Å². The highest BCUT2D eigenvalue weighted by atomic mass is 16.7. The lowest BCUT2D eigenvalue weighted by molar-refractivity contribution is -0.199. The smallest absolute Gasteiger partial charge is 0.482 e. The van der Waals surface area contributed by atoms with E-state index < -0.39 is 41.9 Å². The van der Waals surface area contributed by atoms with Crippen LogP contribution in [0.1, 0.15) is 110 Å². The number of nitrogens with zero attached hydrogens (tertiary/aromatic N) is 1. The van der Waals surface area contributed by atoms with Crippen LogP contribution in [-0.4, -0.2) is 92.1 Å². The zero-order valence-electron chi connectivity index (χ0n) is 32.0. The molecule has 11 nitrogen and oxygen atoms in total. The Morgan fingerprint density at radius 1 is 1.02 bits per heavy atom. The minimum atomic E-state index is -0.659. The van der Waals surface area contributed by atoms with Crippen molar-refractivity contribution < 1.29 is 37.9 Å². The third-order valence-corrected chi connectivity index (χ3v) is 11.3. The predicted molar refractivity (Wildman–Crippen MR) is 192 cm³/mol. The van der Waals surface area contributed by atoms with E-state index in [0.29, 0.717) is 42.5 Å². The highest BCUT2D eigenvalue weighted by Gasteiger charge is 2.68. The van der Waals surface area contributed by atoms with Gasteiger partial charge in [-0.15, -0.1) is 0 Å². The summed E-state index contributed by atoms with van der Waals surface area (Å²) in [6, 6.07) is 5.45. The van der Waals surface area contributed by atoms with Gasteiger partial charge in [-0.05, 0) is 128 Å². The van der Waals surface area contributed by atoms with E-state index >= 15 is 0 Å². The van der Waals surface area contributed by atoms with Gasteiger partial charge in [0.1, 0.15) is 22.5 Å². The van der Waals surface area contributed by atoms with Crippen molar-refractivity contribution in [2.24, 2.45) is 23.2 Å². The van der Waals surface area contributed by atoms with Gasteiger partial charge in [0, 0.05) is 19.5 Å². The molecular weight excluding hydrogens is 637 g/mol. The predicted octanol–water partition coefficient (Wildman–Crippen LogP) is 5.57. The molecule has 5 aliphatic rings. The third-order valence-electron chi connectivity index (χ3n) is 11.3.